The number of nitrogens with one attached hydrogen (secondary N) is 3. The summed E-state index contributed by atoms with van der Waals surface area (Å²) in [7, 11) is 0. The second-order valence-electron chi connectivity index (χ2n) is 5.08. The summed E-state index contributed by atoms with van der Waals surface area (Å²) in [6, 6.07) is 4.90. The molecule has 1 aromatic carbocycles. The van der Waals surface area contributed by atoms with E-state index >= 15 is 0 Å². The standard InChI is InChI=1S/C15H17FN4O2/c1-8-6-11(16)4-5-12(8)18-14(21)10(3)17-15(22)13-7-9(2)19-20-13/h4-7,10H,1-3H3,(H,17,22)(H,18,21)(H,19,20)/t10-/m0/s1. The number of anilines is 1. The van der Waals surface area contributed by atoms with Crippen molar-refractivity contribution in [1.82, 2.24) is 15.5 Å². The molecule has 3 N–H and O–H groups in total. The van der Waals surface area contributed by atoms with E-state index in [0.717, 1.165) is 5.69 Å². The minimum absolute atomic E-state index is 0.218. The Labute approximate surface area is 127 Å². The lowest BCUT2D eigenvalue weighted by Gasteiger charge is -2.14. The Morgan fingerprint density at radius 2 is 2.00 bits per heavy atom. The number of aryl methyl sites for hydroxylation is 2. The molecule has 22 heavy (non-hydrogen) atoms. The van der Waals surface area contributed by atoms with Crippen LogP contribution >= 0.6 is 0 Å². The smallest absolute Gasteiger partial charge is 0.272 e. The molecule has 0 spiro atoms. The van der Waals surface area contributed by atoms with Gasteiger partial charge in [0, 0.05) is 11.4 Å². The number of carbonyl (C=O) groups is 2. The molecule has 1 aromatic heterocycles. The average Bonchev–Trinajstić information content (AvgIpc) is 2.88. The molecule has 0 saturated heterocycles. The van der Waals surface area contributed by atoms with Crippen molar-refractivity contribution in [3.8, 4) is 0 Å². The molecule has 116 valence electrons. The molecule has 0 saturated carbocycles. The largest absolute Gasteiger partial charge is 0.339 e. The van der Waals surface area contributed by atoms with Crippen LogP contribution in [0.25, 0.3) is 0 Å². The van der Waals surface area contributed by atoms with E-state index in [-0.39, 0.29) is 11.5 Å². The van der Waals surface area contributed by atoms with Crippen LogP contribution in [0.3, 0.4) is 0 Å². The van der Waals surface area contributed by atoms with Gasteiger partial charge in [0.15, 0.2) is 0 Å². The topological polar surface area (TPSA) is 86.9 Å². The summed E-state index contributed by atoms with van der Waals surface area (Å²) in [5.41, 5.74) is 2.08. The van der Waals surface area contributed by atoms with Crippen LogP contribution < -0.4 is 10.6 Å². The molecule has 2 amide bonds. The third-order valence-electron chi connectivity index (χ3n) is 3.13. The first kappa shape index (κ1) is 15.7. The Balaban J connectivity index is 1.98. The number of amides is 2. The number of aromatic nitrogens is 2. The molecule has 0 bridgehead atoms. The summed E-state index contributed by atoms with van der Waals surface area (Å²) in [6.07, 6.45) is 0. The number of carbonyl (C=O) groups excluding carboxylic acids is 2. The monoisotopic (exact) mass is 304 g/mol. The lowest BCUT2D eigenvalue weighted by Crippen LogP contribution is -2.41. The molecular formula is C15H17FN4O2. The average molecular weight is 304 g/mol. The highest BCUT2D eigenvalue weighted by Crippen LogP contribution is 2.15. The first-order chi connectivity index (χ1) is 10.4. The minimum Gasteiger partial charge on any atom is -0.339 e. The number of H-pyrrole nitrogens is 1. The number of halogens is 1. The van der Waals surface area contributed by atoms with E-state index in [1.54, 1.807) is 26.8 Å². The number of hydrogen-bond donors (Lipinski definition) is 3. The molecule has 1 heterocycles. The summed E-state index contributed by atoms with van der Waals surface area (Å²) in [5, 5.41) is 11.7. The molecule has 2 aromatic rings. The fourth-order valence-electron chi connectivity index (χ4n) is 1.88. The van der Waals surface area contributed by atoms with E-state index in [1.807, 2.05) is 0 Å². The van der Waals surface area contributed by atoms with Gasteiger partial charge in [-0.1, -0.05) is 0 Å². The van der Waals surface area contributed by atoms with E-state index in [9.17, 15) is 14.0 Å². The lowest BCUT2D eigenvalue weighted by atomic mass is 10.2. The van der Waals surface area contributed by atoms with Crippen LogP contribution in [0, 0.1) is 19.7 Å². The zero-order valence-electron chi connectivity index (χ0n) is 12.5. The lowest BCUT2D eigenvalue weighted by molar-refractivity contribution is -0.117. The molecule has 0 aliphatic carbocycles. The maximum absolute atomic E-state index is 13.0. The minimum atomic E-state index is -0.756. The van der Waals surface area contributed by atoms with E-state index in [4.69, 9.17) is 0 Å². The van der Waals surface area contributed by atoms with Crippen LogP contribution in [0.2, 0.25) is 0 Å². The SMILES string of the molecule is Cc1cc(C(=O)N[C@@H](C)C(=O)Nc2ccc(F)cc2C)n[nH]1. The van der Waals surface area contributed by atoms with Gasteiger partial charge in [-0.15, -0.1) is 0 Å². The highest BCUT2D eigenvalue weighted by Gasteiger charge is 2.18. The highest BCUT2D eigenvalue weighted by molar-refractivity contribution is 6.00. The zero-order chi connectivity index (χ0) is 16.3. The van der Waals surface area contributed by atoms with Crippen molar-refractivity contribution in [3.05, 3.63) is 47.0 Å². The second-order valence-corrected chi connectivity index (χ2v) is 5.08. The quantitative estimate of drug-likeness (QED) is 0.806. The second kappa shape index (κ2) is 6.38. The van der Waals surface area contributed by atoms with E-state index < -0.39 is 17.9 Å². The Morgan fingerprint density at radius 1 is 1.27 bits per heavy atom. The predicted octanol–water partition coefficient (Wildman–Crippen LogP) is 1.92. The highest BCUT2D eigenvalue weighted by atomic mass is 19.1. The number of benzene rings is 1. The molecule has 1 atom stereocenters. The first-order valence-electron chi connectivity index (χ1n) is 6.76. The third-order valence-corrected chi connectivity index (χ3v) is 3.13. The van der Waals surface area contributed by atoms with Crippen molar-refractivity contribution in [1.29, 1.82) is 0 Å². The Morgan fingerprint density at radius 3 is 2.59 bits per heavy atom. The van der Waals surface area contributed by atoms with Crippen LogP contribution in [0.1, 0.15) is 28.7 Å². The molecule has 0 aliphatic heterocycles. The van der Waals surface area contributed by atoms with Crippen molar-refractivity contribution in [2.24, 2.45) is 0 Å². The van der Waals surface area contributed by atoms with Crippen LogP contribution in [-0.2, 0) is 4.79 Å². The van der Waals surface area contributed by atoms with Crippen molar-refractivity contribution in [2.75, 3.05) is 5.32 Å². The molecule has 6 nitrogen and oxygen atoms in total. The molecule has 0 fully saturated rings. The molecule has 0 aliphatic rings. The third kappa shape index (κ3) is 3.69. The van der Waals surface area contributed by atoms with Crippen LogP contribution in [0.5, 0.6) is 0 Å². The normalized spacial score (nSPS) is 11.8. The maximum atomic E-state index is 13.0. The van der Waals surface area contributed by atoms with Crippen molar-refractivity contribution < 1.29 is 14.0 Å². The molecule has 0 radical (unpaired) electrons. The molecular weight excluding hydrogens is 287 g/mol. The number of aromatic amines is 1. The van der Waals surface area contributed by atoms with Gasteiger partial charge in [0.25, 0.3) is 5.91 Å². The van der Waals surface area contributed by atoms with Gasteiger partial charge in [0.2, 0.25) is 5.91 Å². The summed E-state index contributed by atoms with van der Waals surface area (Å²) in [6.45, 7) is 5.03. The number of nitrogens with zero attached hydrogens (tertiary/aromatic N) is 1. The van der Waals surface area contributed by atoms with E-state index in [2.05, 4.69) is 20.8 Å². The maximum Gasteiger partial charge on any atom is 0.272 e. The van der Waals surface area contributed by atoms with Gasteiger partial charge in [0.1, 0.15) is 17.6 Å². The summed E-state index contributed by atoms with van der Waals surface area (Å²) >= 11 is 0. The number of hydrogen-bond acceptors (Lipinski definition) is 3. The van der Waals surface area contributed by atoms with Crippen LogP contribution in [-0.4, -0.2) is 28.1 Å². The Kier molecular flexibility index (Phi) is 4.55. The fraction of sp³-hybridized carbons (Fsp3) is 0.267. The fourth-order valence-corrected chi connectivity index (χ4v) is 1.88. The van der Waals surface area contributed by atoms with Crippen LogP contribution in [0.4, 0.5) is 10.1 Å². The van der Waals surface area contributed by atoms with Gasteiger partial charge >= 0.3 is 0 Å². The van der Waals surface area contributed by atoms with Crippen LogP contribution in [0.15, 0.2) is 24.3 Å². The van der Waals surface area contributed by atoms with Gasteiger partial charge in [-0.2, -0.15) is 5.10 Å². The Bertz CT molecular complexity index is 711. The summed E-state index contributed by atoms with van der Waals surface area (Å²) in [5.74, 6) is -1.20. The van der Waals surface area contributed by atoms with Gasteiger partial charge in [0.05, 0.1) is 0 Å². The predicted molar refractivity (Wildman–Crippen MR) is 80.0 cm³/mol. The van der Waals surface area contributed by atoms with Gasteiger partial charge in [-0.3, -0.25) is 14.7 Å². The van der Waals surface area contributed by atoms with Gasteiger partial charge in [-0.05, 0) is 50.6 Å². The summed E-state index contributed by atoms with van der Waals surface area (Å²) < 4.78 is 13.0. The van der Waals surface area contributed by atoms with Gasteiger partial charge in [-0.25, -0.2) is 4.39 Å². The molecule has 7 heteroatoms. The zero-order valence-corrected chi connectivity index (χ0v) is 12.5. The molecule has 0 unspecified atom stereocenters. The summed E-state index contributed by atoms with van der Waals surface area (Å²) in [4.78, 5) is 24.0. The van der Waals surface area contributed by atoms with Crippen molar-refractivity contribution in [2.45, 2.75) is 26.8 Å². The molecule has 2 rings (SSSR count). The number of rotatable bonds is 4. The van der Waals surface area contributed by atoms with E-state index in [1.165, 1.54) is 18.2 Å². The van der Waals surface area contributed by atoms with E-state index in [0.29, 0.717) is 11.3 Å². The van der Waals surface area contributed by atoms with Crippen molar-refractivity contribution in [3.63, 3.8) is 0 Å². The first-order valence-corrected chi connectivity index (χ1v) is 6.76. The van der Waals surface area contributed by atoms with Gasteiger partial charge < -0.3 is 10.6 Å². The Hall–Kier alpha value is -2.70. The van der Waals surface area contributed by atoms with Crippen molar-refractivity contribution >= 4 is 17.5 Å².